The molecule has 0 saturated carbocycles. The number of halogens is 1. The predicted octanol–water partition coefficient (Wildman–Crippen LogP) is 2.33. The molecule has 0 aliphatic rings. The largest absolute Gasteiger partial charge is 0.484 e. The first kappa shape index (κ1) is 16.3. The number of nitrogens with one attached hydrogen (secondary N) is 1. The minimum Gasteiger partial charge on any atom is -0.484 e. The van der Waals surface area contributed by atoms with Crippen molar-refractivity contribution in [3.63, 3.8) is 0 Å². The van der Waals surface area contributed by atoms with E-state index >= 15 is 0 Å². The summed E-state index contributed by atoms with van der Waals surface area (Å²) in [5, 5.41) is 12.0. The molecule has 0 fully saturated rings. The first-order valence-electron chi connectivity index (χ1n) is 6.28. The highest BCUT2D eigenvalue weighted by Crippen LogP contribution is 2.16. The Morgan fingerprint density at radius 2 is 2.10 bits per heavy atom. The predicted molar refractivity (Wildman–Crippen MR) is 76.0 cm³/mol. The number of aliphatic carboxylic acids is 1. The normalized spacial score (nSPS) is 12.0. The Labute approximate surface area is 122 Å². The number of hydrogen-bond donors (Lipinski definition) is 2. The van der Waals surface area contributed by atoms with E-state index in [1.807, 2.05) is 13.8 Å². The topological polar surface area (TPSA) is 75.6 Å². The van der Waals surface area contributed by atoms with Crippen molar-refractivity contribution in [2.75, 3.05) is 6.61 Å². The van der Waals surface area contributed by atoms with Gasteiger partial charge in [-0.2, -0.15) is 0 Å². The highest BCUT2D eigenvalue weighted by Gasteiger charge is 2.19. The van der Waals surface area contributed by atoms with Crippen LogP contribution >= 0.6 is 11.6 Å². The molecule has 0 aliphatic carbocycles. The molecule has 0 radical (unpaired) electrons. The molecule has 0 bridgehead atoms. The van der Waals surface area contributed by atoms with Crippen molar-refractivity contribution in [2.24, 2.45) is 5.92 Å². The van der Waals surface area contributed by atoms with Crippen molar-refractivity contribution in [2.45, 2.75) is 26.3 Å². The highest BCUT2D eigenvalue weighted by atomic mass is 35.5. The maximum atomic E-state index is 11.7. The zero-order valence-corrected chi connectivity index (χ0v) is 12.2. The lowest BCUT2D eigenvalue weighted by Gasteiger charge is -2.20. The summed E-state index contributed by atoms with van der Waals surface area (Å²) in [5.41, 5.74) is 0. The summed E-state index contributed by atoms with van der Waals surface area (Å²) in [4.78, 5) is 22.5. The zero-order chi connectivity index (χ0) is 15.1. The van der Waals surface area contributed by atoms with Crippen LogP contribution in [-0.2, 0) is 9.59 Å². The third-order valence-electron chi connectivity index (χ3n) is 2.71. The van der Waals surface area contributed by atoms with Gasteiger partial charge in [0.25, 0.3) is 5.91 Å². The molecule has 1 atom stereocenters. The van der Waals surface area contributed by atoms with Crippen LogP contribution in [0.1, 0.15) is 20.3 Å². The van der Waals surface area contributed by atoms with Gasteiger partial charge in [-0.15, -0.1) is 0 Å². The van der Waals surface area contributed by atoms with Crippen LogP contribution in [0.5, 0.6) is 5.75 Å². The summed E-state index contributed by atoms with van der Waals surface area (Å²) in [6.07, 6.45) is -0.111. The Bertz CT molecular complexity index is 476. The molecule has 0 heterocycles. The van der Waals surface area contributed by atoms with Gasteiger partial charge >= 0.3 is 5.97 Å². The smallest absolute Gasteiger partial charge is 0.305 e. The molecule has 6 heteroatoms. The molecule has 1 rings (SSSR count). The fourth-order valence-corrected chi connectivity index (χ4v) is 1.78. The van der Waals surface area contributed by atoms with Gasteiger partial charge in [-0.25, -0.2) is 0 Å². The number of hydrogen-bond acceptors (Lipinski definition) is 3. The molecule has 1 aromatic rings. The number of benzene rings is 1. The minimum absolute atomic E-state index is 0.0289. The summed E-state index contributed by atoms with van der Waals surface area (Å²) in [6.45, 7) is 3.53. The zero-order valence-electron chi connectivity index (χ0n) is 11.4. The number of carboxylic acids is 1. The van der Waals surface area contributed by atoms with E-state index in [0.29, 0.717) is 10.8 Å². The Kier molecular flexibility index (Phi) is 6.31. The molecule has 0 aromatic heterocycles. The van der Waals surface area contributed by atoms with Gasteiger partial charge in [0.1, 0.15) is 5.75 Å². The van der Waals surface area contributed by atoms with Crippen LogP contribution < -0.4 is 10.1 Å². The summed E-state index contributed by atoms with van der Waals surface area (Å²) >= 11 is 5.80. The van der Waals surface area contributed by atoms with Crippen LogP contribution in [-0.4, -0.2) is 29.6 Å². The third kappa shape index (κ3) is 5.93. The minimum atomic E-state index is -0.945. The van der Waals surface area contributed by atoms with E-state index in [1.165, 1.54) is 0 Å². The molecule has 1 amide bonds. The van der Waals surface area contributed by atoms with Crippen molar-refractivity contribution in [3.05, 3.63) is 29.3 Å². The fraction of sp³-hybridized carbons (Fsp3) is 0.429. The average molecular weight is 300 g/mol. The maximum Gasteiger partial charge on any atom is 0.305 e. The van der Waals surface area contributed by atoms with Crippen molar-refractivity contribution >= 4 is 23.5 Å². The van der Waals surface area contributed by atoms with Gasteiger partial charge < -0.3 is 15.2 Å². The Morgan fingerprint density at radius 3 is 2.65 bits per heavy atom. The lowest BCUT2D eigenvalue weighted by atomic mass is 10.0. The number of carbonyl (C=O) groups excluding carboxylic acids is 1. The van der Waals surface area contributed by atoms with Crippen LogP contribution in [0.25, 0.3) is 0 Å². The molecule has 110 valence electrons. The molecule has 1 unspecified atom stereocenters. The second-order valence-corrected chi connectivity index (χ2v) is 5.20. The van der Waals surface area contributed by atoms with E-state index in [9.17, 15) is 9.59 Å². The lowest BCUT2D eigenvalue weighted by molar-refractivity contribution is -0.138. The lowest BCUT2D eigenvalue weighted by Crippen LogP contribution is -2.42. The van der Waals surface area contributed by atoms with E-state index in [1.54, 1.807) is 24.3 Å². The van der Waals surface area contributed by atoms with Gasteiger partial charge in [-0.3, -0.25) is 9.59 Å². The van der Waals surface area contributed by atoms with Crippen molar-refractivity contribution in [1.29, 1.82) is 0 Å². The van der Waals surface area contributed by atoms with Gasteiger partial charge in [0.05, 0.1) is 6.42 Å². The van der Waals surface area contributed by atoms with E-state index < -0.39 is 12.0 Å². The van der Waals surface area contributed by atoms with Gasteiger partial charge in [-0.1, -0.05) is 31.5 Å². The summed E-state index contributed by atoms with van der Waals surface area (Å²) in [7, 11) is 0. The van der Waals surface area contributed by atoms with E-state index in [0.717, 1.165) is 0 Å². The second kappa shape index (κ2) is 7.75. The van der Waals surface area contributed by atoms with E-state index in [2.05, 4.69) is 5.32 Å². The average Bonchev–Trinajstić information content (AvgIpc) is 2.35. The molecule has 0 spiro atoms. The molecule has 0 saturated heterocycles. The van der Waals surface area contributed by atoms with E-state index in [-0.39, 0.29) is 24.9 Å². The SMILES string of the molecule is CC(C)C(CC(=O)O)NC(=O)COc1cccc(Cl)c1. The Morgan fingerprint density at radius 1 is 1.40 bits per heavy atom. The van der Waals surface area contributed by atoms with Crippen molar-refractivity contribution < 1.29 is 19.4 Å². The van der Waals surface area contributed by atoms with Gasteiger partial charge in [-0.05, 0) is 24.1 Å². The number of amides is 1. The molecular weight excluding hydrogens is 282 g/mol. The summed E-state index contributed by atoms with van der Waals surface area (Å²) < 4.78 is 5.29. The quantitative estimate of drug-likeness (QED) is 0.810. The molecule has 1 aromatic carbocycles. The van der Waals surface area contributed by atoms with Crippen molar-refractivity contribution in [1.82, 2.24) is 5.32 Å². The molecule has 5 nitrogen and oxygen atoms in total. The number of rotatable bonds is 7. The van der Waals surface area contributed by atoms with Gasteiger partial charge in [0, 0.05) is 11.1 Å². The number of carboxylic acid groups (broad SMARTS) is 1. The van der Waals surface area contributed by atoms with Crippen LogP contribution in [0.4, 0.5) is 0 Å². The Hall–Kier alpha value is -1.75. The highest BCUT2D eigenvalue weighted by molar-refractivity contribution is 6.30. The first-order chi connectivity index (χ1) is 9.38. The van der Waals surface area contributed by atoms with Crippen LogP contribution in [0.15, 0.2) is 24.3 Å². The molecular formula is C14H18ClNO4. The second-order valence-electron chi connectivity index (χ2n) is 4.76. The number of carbonyl (C=O) groups is 2. The van der Waals surface area contributed by atoms with Crippen LogP contribution in [0.2, 0.25) is 5.02 Å². The summed E-state index contributed by atoms with van der Waals surface area (Å²) in [6, 6.07) is 6.30. The van der Waals surface area contributed by atoms with Crippen molar-refractivity contribution in [3.8, 4) is 5.75 Å². The fourth-order valence-electron chi connectivity index (χ4n) is 1.60. The van der Waals surface area contributed by atoms with Gasteiger partial charge in [0.15, 0.2) is 6.61 Å². The standard InChI is InChI=1S/C14H18ClNO4/c1-9(2)12(7-14(18)19)16-13(17)8-20-11-5-3-4-10(15)6-11/h3-6,9,12H,7-8H2,1-2H3,(H,16,17)(H,18,19). The Balaban J connectivity index is 2.47. The monoisotopic (exact) mass is 299 g/mol. The van der Waals surface area contributed by atoms with Crippen LogP contribution in [0, 0.1) is 5.92 Å². The third-order valence-corrected chi connectivity index (χ3v) is 2.95. The molecule has 0 aliphatic heterocycles. The molecule has 20 heavy (non-hydrogen) atoms. The maximum absolute atomic E-state index is 11.7. The summed E-state index contributed by atoms with van der Waals surface area (Å²) in [5.74, 6) is -0.780. The first-order valence-corrected chi connectivity index (χ1v) is 6.66. The molecule has 2 N–H and O–H groups in total. The van der Waals surface area contributed by atoms with Gasteiger partial charge in [0.2, 0.25) is 0 Å². The van der Waals surface area contributed by atoms with E-state index in [4.69, 9.17) is 21.4 Å². The van der Waals surface area contributed by atoms with Crippen LogP contribution in [0.3, 0.4) is 0 Å². The number of ether oxygens (including phenoxy) is 1.